The van der Waals surface area contributed by atoms with E-state index in [1.54, 1.807) is 6.07 Å². The van der Waals surface area contributed by atoms with Crippen LogP contribution >= 0.6 is 11.6 Å². The van der Waals surface area contributed by atoms with E-state index in [0.29, 0.717) is 10.6 Å². The number of para-hydroxylation sites is 1. The SMILES string of the molecule is N#C/C(=C\c1cc(-c2ccccc2)n(-c2ccc(Cl)cc2)c1-c1ccccc1)C(=O)Nc1ccccc1F. The van der Waals surface area contributed by atoms with Crippen LogP contribution in [0.1, 0.15) is 5.56 Å². The number of aromatic nitrogens is 1. The highest BCUT2D eigenvalue weighted by molar-refractivity contribution is 6.30. The molecule has 1 aromatic heterocycles. The summed E-state index contributed by atoms with van der Waals surface area (Å²) in [6, 6.07) is 36.8. The van der Waals surface area contributed by atoms with Gasteiger partial charge in [0, 0.05) is 16.3 Å². The Labute approximate surface area is 224 Å². The van der Waals surface area contributed by atoms with Crippen molar-refractivity contribution in [3.63, 3.8) is 0 Å². The number of benzene rings is 4. The molecule has 6 heteroatoms. The van der Waals surface area contributed by atoms with E-state index in [2.05, 4.69) is 9.88 Å². The van der Waals surface area contributed by atoms with Crippen LogP contribution in [0.3, 0.4) is 0 Å². The first-order chi connectivity index (χ1) is 18.5. The minimum Gasteiger partial charge on any atom is -0.319 e. The summed E-state index contributed by atoms with van der Waals surface area (Å²) in [6.45, 7) is 0. The van der Waals surface area contributed by atoms with Crippen molar-refractivity contribution in [2.24, 2.45) is 0 Å². The smallest absolute Gasteiger partial charge is 0.266 e. The lowest BCUT2D eigenvalue weighted by Crippen LogP contribution is -2.14. The highest BCUT2D eigenvalue weighted by atomic mass is 35.5. The molecular formula is C32H21ClFN3O. The van der Waals surface area contributed by atoms with Gasteiger partial charge in [-0.1, -0.05) is 84.4 Å². The molecule has 0 fully saturated rings. The molecule has 0 aliphatic heterocycles. The molecule has 5 rings (SSSR count). The average Bonchev–Trinajstić information content (AvgIpc) is 3.33. The number of hydrogen-bond donors (Lipinski definition) is 1. The summed E-state index contributed by atoms with van der Waals surface area (Å²) in [5.74, 6) is -1.28. The number of halogens is 2. The van der Waals surface area contributed by atoms with E-state index in [1.807, 2.05) is 97.1 Å². The van der Waals surface area contributed by atoms with Crippen molar-refractivity contribution < 1.29 is 9.18 Å². The summed E-state index contributed by atoms with van der Waals surface area (Å²) in [4.78, 5) is 13.0. The maximum Gasteiger partial charge on any atom is 0.266 e. The third-order valence-electron chi connectivity index (χ3n) is 6.02. The summed E-state index contributed by atoms with van der Waals surface area (Å²) >= 11 is 6.19. The predicted octanol–water partition coefficient (Wildman–Crippen LogP) is 8.15. The number of nitrogens with zero attached hydrogens (tertiary/aromatic N) is 2. The third kappa shape index (κ3) is 5.12. The molecule has 0 aliphatic carbocycles. The molecule has 0 spiro atoms. The summed E-state index contributed by atoms with van der Waals surface area (Å²) in [5.41, 5.74) is 4.87. The number of hydrogen-bond acceptors (Lipinski definition) is 2. The van der Waals surface area contributed by atoms with Gasteiger partial charge in [-0.2, -0.15) is 5.26 Å². The average molecular weight is 518 g/mol. The Balaban J connectivity index is 1.73. The zero-order valence-electron chi connectivity index (χ0n) is 20.1. The van der Waals surface area contributed by atoms with Crippen molar-refractivity contribution in [3.05, 3.63) is 137 Å². The molecule has 0 atom stereocenters. The Kier molecular flexibility index (Phi) is 7.17. The molecule has 5 aromatic rings. The molecule has 4 aromatic carbocycles. The highest BCUT2D eigenvalue weighted by Gasteiger charge is 2.20. The second kappa shape index (κ2) is 11.0. The minimum absolute atomic E-state index is 0.00522. The van der Waals surface area contributed by atoms with Gasteiger partial charge in [0.15, 0.2) is 0 Å². The number of carbonyl (C=O) groups is 1. The number of amides is 1. The molecule has 0 saturated carbocycles. The maximum absolute atomic E-state index is 14.2. The van der Waals surface area contributed by atoms with Crippen molar-refractivity contribution in [3.8, 4) is 34.3 Å². The zero-order chi connectivity index (χ0) is 26.5. The lowest BCUT2D eigenvalue weighted by Gasteiger charge is -2.15. The van der Waals surface area contributed by atoms with Gasteiger partial charge in [-0.3, -0.25) is 4.79 Å². The van der Waals surface area contributed by atoms with Gasteiger partial charge in [0.2, 0.25) is 0 Å². The van der Waals surface area contributed by atoms with E-state index in [0.717, 1.165) is 28.2 Å². The van der Waals surface area contributed by atoms with E-state index in [1.165, 1.54) is 24.3 Å². The molecule has 0 unspecified atom stereocenters. The van der Waals surface area contributed by atoms with Gasteiger partial charge in [0.25, 0.3) is 5.91 Å². The van der Waals surface area contributed by atoms with Gasteiger partial charge in [-0.15, -0.1) is 0 Å². The quantitative estimate of drug-likeness (QED) is 0.182. The summed E-state index contributed by atoms with van der Waals surface area (Å²) in [7, 11) is 0. The van der Waals surface area contributed by atoms with Crippen LogP contribution in [0.2, 0.25) is 5.02 Å². The van der Waals surface area contributed by atoms with Crippen molar-refractivity contribution in [2.45, 2.75) is 0 Å². The Morgan fingerprint density at radius 2 is 1.45 bits per heavy atom. The molecule has 4 nitrogen and oxygen atoms in total. The van der Waals surface area contributed by atoms with E-state index in [4.69, 9.17) is 11.6 Å². The van der Waals surface area contributed by atoms with E-state index >= 15 is 0 Å². The van der Waals surface area contributed by atoms with E-state index in [9.17, 15) is 14.4 Å². The van der Waals surface area contributed by atoms with Crippen molar-refractivity contribution in [2.75, 3.05) is 5.32 Å². The minimum atomic E-state index is -0.697. The fourth-order valence-electron chi connectivity index (χ4n) is 4.27. The number of anilines is 1. The Bertz CT molecular complexity index is 1670. The Morgan fingerprint density at radius 3 is 2.08 bits per heavy atom. The first kappa shape index (κ1) is 24.8. The normalized spacial score (nSPS) is 11.1. The van der Waals surface area contributed by atoms with Gasteiger partial charge < -0.3 is 9.88 Å². The maximum atomic E-state index is 14.2. The van der Waals surface area contributed by atoms with Gasteiger partial charge in [0.05, 0.1) is 17.1 Å². The number of rotatable bonds is 6. The fraction of sp³-hybridized carbons (Fsp3) is 0. The molecule has 38 heavy (non-hydrogen) atoms. The molecule has 1 amide bonds. The van der Waals surface area contributed by atoms with Crippen LogP contribution in [0.15, 0.2) is 121 Å². The van der Waals surface area contributed by atoms with Crippen molar-refractivity contribution in [1.29, 1.82) is 5.26 Å². The van der Waals surface area contributed by atoms with E-state index in [-0.39, 0.29) is 11.3 Å². The summed E-state index contributed by atoms with van der Waals surface area (Å²) in [5, 5.41) is 13.0. The molecule has 0 aliphatic rings. The highest BCUT2D eigenvalue weighted by Crippen LogP contribution is 2.37. The molecule has 0 bridgehead atoms. The Hall–Kier alpha value is -4.92. The standard InChI is InChI=1S/C32H21ClFN3O/c33-26-15-17-27(18-16-26)37-30(22-9-3-1-4-10-22)20-24(31(37)23-11-5-2-6-12-23)19-25(21-35)32(38)36-29-14-8-7-13-28(29)34/h1-20H,(H,36,38)/b25-19+. The first-order valence-corrected chi connectivity index (χ1v) is 12.2. The van der Waals surface area contributed by atoms with Crippen LogP contribution in [0, 0.1) is 17.1 Å². The first-order valence-electron chi connectivity index (χ1n) is 11.9. The molecule has 0 radical (unpaired) electrons. The molecular weight excluding hydrogens is 497 g/mol. The lowest BCUT2D eigenvalue weighted by molar-refractivity contribution is -0.112. The number of nitriles is 1. The van der Waals surface area contributed by atoms with Gasteiger partial charge in [-0.25, -0.2) is 4.39 Å². The third-order valence-corrected chi connectivity index (χ3v) is 6.27. The van der Waals surface area contributed by atoms with E-state index < -0.39 is 11.7 Å². The molecule has 1 heterocycles. The topological polar surface area (TPSA) is 57.8 Å². The second-order valence-corrected chi connectivity index (χ2v) is 8.92. The van der Waals surface area contributed by atoms with Crippen LogP contribution in [0.4, 0.5) is 10.1 Å². The predicted molar refractivity (Wildman–Crippen MR) is 150 cm³/mol. The lowest BCUT2D eigenvalue weighted by atomic mass is 10.0. The summed E-state index contributed by atoms with van der Waals surface area (Å²) in [6.07, 6.45) is 1.54. The van der Waals surface area contributed by atoms with Gasteiger partial charge in [0.1, 0.15) is 17.5 Å². The number of carbonyl (C=O) groups excluding carboxylic acids is 1. The van der Waals surface area contributed by atoms with Crippen LogP contribution < -0.4 is 5.32 Å². The number of nitrogens with one attached hydrogen (secondary N) is 1. The molecule has 0 saturated heterocycles. The monoisotopic (exact) mass is 517 g/mol. The van der Waals surface area contributed by atoms with Gasteiger partial charge in [-0.05, 0) is 59.7 Å². The molecule has 184 valence electrons. The Morgan fingerprint density at radius 1 is 0.842 bits per heavy atom. The largest absolute Gasteiger partial charge is 0.319 e. The summed E-state index contributed by atoms with van der Waals surface area (Å²) < 4.78 is 16.2. The second-order valence-electron chi connectivity index (χ2n) is 8.48. The van der Waals surface area contributed by atoms with Gasteiger partial charge >= 0.3 is 0 Å². The zero-order valence-corrected chi connectivity index (χ0v) is 20.9. The van der Waals surface area contributed by atoms with Crippen LogP contribution in [0.5, 0.6) is 0 Å². The van der Waals surface area contributed by atoms with Crippen molar-refractivity contribution >= 4 is 29.3 Å². The van der Waals surface area contributed by atoms with Crippen LogP contribution in [0.25, 0.3) is 34.3 Å². The van der Waals surface area contributed by atoms with Crippen LogP contribution in [-0.4, -0.2) is 10.5 Å². The molecule has 1 N–H and O–H groups in total. The van der Waals surface area contributed by atoms with Crippen molar-refractivity contribution in [1.82, 2.24) is 4.57 Å². The fourth-order valence-corrected chi connectivity index (χ4v) is 4.39. The van der Waals surface area contributed by atoms with Crippen LogP contribution in [-0.2, 0) is 4.79 Å².